The van der Waals surface area contributed by atoms with Crippen LogP contribution in [-0.2, 0) is 30.4 Å². The number of aromatic nitrogens is 2. The van der Waals surface area contributed by atoms with Crippen molar-refractivity contribution in [1.29, 1.82) is 0 Å². The molecule has 17 heavy (non-hydrogen) atoms. The fourth-order valence-corrected chi connectivity index (χ4v) is 2.01. The minimum absolute atomic E-state index is 0.188. The van der Waals surface area contributed by atoms with Gasteiger partial charge < -0.3 is 14.6 Å². The Balaban J connectivity index is 2.39. The normalized spacial score (nSPS) is 16.0. The molecule has 96 valence electrons. The quantitative estimate of drug-likeness (QED) is 0.874. The van der Waals surface area contributed by atoms with Crippen LogP contribution in [0.3, 0.4) is 0 Å². The smallest absolute Gasteiger partial charge is 0.383 e. The van der Waals surface area contributed by atoms with Gasteiger partial charge in [-0.2, -0.15) is 13.2 Å². The van der Waals surface area contributed by atoms with E-state index in [9.17, 15) is 13.2 Å². The van der Waals surface area contributed by atoms with E-state index >= 15 is 0 Å². The molecule has 0 saturated heterocycles. The number of ether oxygens (including phenoxy) is 1. The van der Waals surface area contributed by atoms with Crippen molar-refractivity contribution in [3.05, 3.63) is 17.2 Å². The lowest BCUT2D eigenvalue weighted by molar-refractivity contribution is -0.147. The molecule has 1 aromatic heterocycles. The first-order valence-corrected chi connectivity index (χ1v) is 5.39. The van der Waals surface area contributed by atoms with Gasteiger partial charge in [-0.05, 0) is 0 Å². The van der Waals surface area contributed by atoms with Crippen LogP contribution in [0.25, 0.3) is 0 Å². The largest absolute Gasteiger partial charge is 0.449 e. The lowest BCUT2D eigenvalue weighted by Crippen LogP contribution is -2.26. The van der Waals surface area contributed by atoms with Gasteiger partial charge >= 0.3 is 6.18 Å². The van der Waals surface area contributed by atoms with Crippen LogP contribution in [0, 0.1) is 0 Å². The molecule has 0 unspecified atom stereocenters. The number of hydrogen-bond donors (Lipinski definition) is 1. The number of methoxy groups -OCH3 is 1. The molecule has 1 N–H and O–H groups in total. The van der Waals surface area contributed by atoms with Gasteiger partial charge in [0, 0.05) is 38.9 Å². The Morgan fingerprint density at radius 3 is 2.88 bits per heavy atom. The number of hydrogen-bond acceptors (Lipinski definition) is 3. The summed E-state index contributed by atoms with van der Waals surface area (Å²) in [5.41, 5.74) is 1.17. The Kier molecular flexibility index (Phi) is 3.39. The molecule has 0 fully saturated rings. The van der Waals surface area contributed by atoms with Crippen molar-refractivity contribution in [2.45, 2.75) is 25.7 Å². The Morgan fingerprint density at radius 2 is 2.24 bits per heavy atom. The number of fused-ring (bicyclic) bond motifs is 1. The molecular weight excluding hydrogens is 235 g/mol. The van der Waals surface area contributed by atoms with E-state index < -0.39 is 12.0 Å². The van der Waals surface area contributed by atoms with Gasteiger partial charge in [0.25, 0.3) is 0 Å². The van der Waals surface area contributed by atoms with E-state index in [0.29, 0.717) is 30.9 Å². The molecule has 0 spiro atoms. The standard InChI is InChI=1S/C10H14F3N3O/c1-17-5-4-16-8-2-3-14-6-7(8)15-9(16)10(11,12)13/h14H,2-6H2,1H3. The molecular formula is C10H14F3N3O. The Hall–Kier alpha value is -1.08. The molecule has 7 heteroatoms. The van der Waals surface area contributed by atoms with Gasteiger partial charge in [-0.3, -0.25) is 0 Å². The first-order valence-electron chi connectivity index (χ1n) is 5.39. The van der Waals surface area contributed by atoms with Crippen molar-refractivity contribution in [2.75, 3.05) is 20.3 Å². The summed E-state index contributed by atoms with van der Waals surface area (Å²) < 4.78 is 44.5. The van der Waals surface area contributed by atoms with Crippen LogP contribution >= 0.6 is 0 Å². The van der Waals surface area contributed by atoms with Crippen LogP contribution in [0.15, 0.2) is 0 Å². The molecule has 0 atom stereocenters. The van der Waals surface area contributed by atoms with E-state index in [4.69, 9.17) is 4.74 Å². The maximum absolute atomic E-state index is 12.8. The summed E-state index contributed by atoms with van der Waals surface area (Å²) in [5.74, 6) is -0.816. The van der Waals surface area contributed by atoms with Gasteiger partial charge in [-0.15, -0.1) is 0 Å². The van der Waals surface area contributed by atoms with Crippen LogP contribution in [0.5, 0.6) is 0 Å². The molecule has 1 aliphatic rings. The lowest BCUT2D eigenvalue weighted by atomic mass is 10.2. The highest BCUT2D eigenvalue weighted by molar-refractivity contribution is 5.21. The highest BCUT2D eigenvalue weighted by Gasteiger charge is 2.38. The summed E-state index contributed by atoms with van der Waals surface area (Å²) in [7, 11) is 1.47. The minimum Gasteiger partial charge on any atom is -0.383 e. The SMILES string of the molecule is COCCn1c(C(F)(F)F)nc2c1CCNC2. The molecule has 1 aromatic rings. The van der Waals surface area contributed by atoms with E-state index in [0.717, 1.165) is 0 Å². The van der Waals surface area contributed by atoms with E-state index in [1.54, 1.807) is 0 Å². The van der Waals surface area contributed by atoms with Crippen molar-refractivity contribution in [2.24, 2.45) is 0 Å². The van der Waals surface area contributed by atoms with Crippen molar-refractivity contribution in [3.8, 4) is 0 Å². The number of imidazole rings is 1. The maximum atomic E-state index is 12.8. The fourth-order valence-electron chi connectivity index (χ4n) is 2.01. The van der Waals surface area contributed by atoms with Crippen molar-refractivity contribution < 1.29 is 17.9 Å². The second kappa shape index (κ2) is 4.66. The molecule has 0 bridgehead atoms. The third kappa shape index (κ3) is 2.44. The first kappa shape index (κ1) is 12.4. The lowest BCUT2D eigenvalue weighted by Gasteiger charge is -2.16. The Labute approximate surface area is 96.8 Å². The highest BCUT2D eigenvalue weighted by Crippen LogP contribution is 2.31. The molecule has 1 aliphatic heterocycles. The zero-order chi connectivity index (χ0) is 12.5. The van der Waals surface area contributed by atoms with Crippen molar-refractivity contribution in [1.82, 2.24) is 14.9 Å². The van der Waals surface area contributed by atoms with E-state index in [-0.39, 0.29) is 13.2 Å². The van der Waals surface area contributed by atoms with Gasteiger partial charge in [-0.1, -0.05) is 0 Å². The van der Waals surface area contributed by atoms with Gasteiger partial charge in [0.05, 0.1) is 12.3 Å². The minimum atomic E-state index is -4.41. The summed E-state index contributed by atoms with van der Waals surface area (Å²) in [6, 6.07) is 0. The maximum Gasteiger partial charge on any atom is 0.449 e. The number of rotatable bonds is 3. The molecule has 0 saturated carbocycles. The molecule has 2 heterocycles. The van der Waals surface area contributed by atoms with Crippen LogP contribution in [0.2, 0.25) is 0 Å². The summed E-state index contributed by atoms with van der Waals surface area (Å²) in [6.07, 6.45) is -3.84. The number of nitrogens with one attached hydrogen (secondary N) is 1. The van der Waals surface area contributed by atoms with Crippen molar-refractivity contribution >= 4 is 0 Å². The Morgan fingerprint density at radius 1 is 1.47 bits per heavy atom. The number of halogens is 3. The highest BCUT2D eigenvalue weighted by atomic mass is 19.4. The monoisotopic (exact) mass is 249 g/mol. The predicted octanol–water partition coefficient (Wildman–Crippen LogP) is 1.19. The third-order valence-corrected chi connectivity index (χ3v) is 2.76. The van der Waals surface area contributed by atoms with Crippen LogP contribution in [-0.4, -0.2) is 29.8 Å². The third-order valence-electron chi connectivity index (χ3n) is 2.76. The summed E-state index contributed by atoms with van der Waals surface area (Å²) >= 11 is 0. The average molecular weight is 249 g/mol. The summed E-state index contributed by atoms with van der Waals surface area (Å²) in [5, 5.41) is 3.01. The zero-order valence-corrected chi connectivity index (χ0v) is 9.47. The van der Waals surface area contributed by atoms with Crippen LogP contribution < -0.4 is 5.32 Å². The predicted molar refractivity (Wildman–Crippen MR) is 54.5 cm³/mol. The number of alkyl halides is 3. The van der Waals surface area contributed by atoms with Gasteiger partial charge in [-0.25, -0.2) is 4.98 Å². The topological polar surface area (TPSA) is 39.1 Å². The molecule has 0 aliphatic carbocycles. The van der Waals surface area contributed by atoms with E-state index in [2.05, 4.69) is 10.3 Å². The van der Waals surface area contributed by atoms with E-state index in [1.807, 2.05) is 0 Å². The van der Waals surface area contributed by atoms with Crippen molar-refractivity contribution in [3.63, 3.8) is 0 Å². The second-order valence-corrected chi connectivity index (χ2v) is 3.90. The average Bonchev–Trinajstić information content (AvgIpc) is 2.65. The van der Waals surface area contributed by atoms with Gasteiger partial charge in [0.1, 0.15) is 0 Å². The molecule has 0 radical (unpaired) electrons. The molecule has 2 rings (SSSR count). The fraction of sp³-hybridized carbons (Fsp3) is 0.700. The first-order chi connectivity index (χ1) is 8.04. The summed E-state index contributed by atoms with van der Waals surface area (Å²) in [6.45, 7) is 1.52. The molecule has 4 nitrogen and oxygen atoms in total. The second-order valence-electron chi connectivity index (χ2n) is 3.90. The molecule has 0 aromatic carbocycles. The van der Waals surface area contributed by atoms with Gasteiger partial charge in [0.2, 0.25) is 5.82 Å². The van der Waals surface area contributed by atoms with Gasteiger partial charge in [0.15, 0.2) is 0 Å². The molecule has 0 amide bonds. The number of nitrogens with zero attached hydrogens (tertiary/aromatic N) is 2. The van der Waals surface area contributed by atoms with E-state index in [1.165, 1.54) is 11.7 Å². The van der Waals surface area contributed by atoms with Crippen LogP contribution in [0.4, 0.5) is 13.2 Å². The Bertz CT molecular complexity index is 400. The summed E-state index contributed by atoms with van der Waals surface area (Å²) in [4.78, 5) is 3.69. The zero-order valence-electron chi connectivity index (χ0n) is 9.47. The van der Waals surface area contributed by atoms with Crippen LogP contribution in [0.1, 0.15) is 17.2 Å².